The standard InChI is InChI=1S/C27H37N3O6S/c1-4-19-6-9-21(10-7-19)37(33,34)29-24-22-18-20(8-11-23(22)36-27(2,3)25(24)31)26(32)28-12-5-13-30-14-16-35-17-15-30/h6-11,18,24-25,29,31H,4-5,12-17H2,1-3H3,(H,28,32)/t24-,25+/m1/s1. The molecule has 1 amide bonds. The Kier molecular flexibility index (Phi) is 8.55. The van der Waals surface area contributed by atoms with E-state index in [1.54, 1.807) is 56.3 Å². The molecule has 2 aromatic rings. The van der Waals surface area contributed by atoms with E-state index < -0.39 is 27.8 Å². The van der Waals surface area contributed by atoms with E-state index in [1.807, 2.05) is 6.92 Å². The van der Waals surface area contributed by atoms with Crippen LogP contribution in [0.1, 0.15) is 54.7 Å². The van der Waals surface area contributed by atoms with Crippen LogP contribution in [0.4, 0.5) is 0 Å². The zero-order valence-corrected chi connectivity index (χ0v) is 22.5. The van der Waals surface area contributed by atoms with Crippen molar-refractivity contribution >= 4 is 15.9 Å². The monoisotopic (exact) mass is 531 g/mol. The maximum Gasteiger partial charge on any atom is 0.251 e. The molecule has 10 heteroatoms. The first-order valence-corrected chi connectivity index (χ1v) is 14.3. The number of benzene rings is 2. The third-order valence-electron chi connectivity index (χ3n) is 6.97. The van der Waals surface area contributed by atoms with Gasteiger partial charge in [0, 0.05) is 30.8 Å². The van der Waals surface area contributed by atoms with Gasteiger partial charge in [-0.2, -0.15) is 0 Å². The molecular weight excluding hydrogens is 494 g/mol. The van der Waals surface area contributed by atoms with Crippen molar-refractivity contribution in [3.05, 3.63) is 59.2 Å². The molecule has 3 N–H and O–H groups in total. The van der Waals surface area contributed by atoms with Crippen molar-refractivity contribution in [3.8, 4) is 5.75 Å². The zero-order chi connectivity index (χ0) is 26.6. The van der Waals surface area contributed by atoms with Crippen LogP contribution < -0.4 is 14.8 Å². The van der Waals surface area contributed by atoms with E-state index in [-0.39, 0.29) is 10.8 Å². The van der Waals surface area contributed by atoms with Gasteiger partial charge in [0.2, 0.25) is 10.0 Å². The number of amides is 1. The number of carbonyl (C=O) groups excluding carboxylic acids is 1. The van der Waals surface area contributed by atoms with Crippen molar-refractivity contribution in [1.82, 2.24) is 14.9 Å². The molecule has 2 atom stereocenters. The fraction of sp³-hybridized carbons (Fsp3) is 0.519. The number of aliphatic hydroxyl groups is 1. The van der Waals surface area contributed by atoms with E-state index >= 15 is 0 Å². The first-order chi connectivity index (χ1) is 17.6. The van der Waals surface area contributed by atoms with Gasteiger partial charge in [0.15, 0.2) is 0 Å². The van der Waals surface area contributed by atoms with E-state index in [4.69, 9.17) is 9.47 Å². The highest BCUT2D eigenvalue weighted by Gasteiger charge is 2.44. The molecule has 4 rings (SSSR count). The fourth-order valence-electron chi connectivity index (χ4n) is 4.64. The second-order valence-electron chi connectivity index (χ2n) is 10.1. The summed E-state index contributed by atoms with van der Waals surface area (Å²) in [6.45, 7) is 10.1. The topological polar surface area (TPSA) is 117 Å². The van der Waals surface area contributed by atoms with Gasteiger partial charge < -0.3 is 19.9 Å². The Bertz CT molecular complexity index is 1190. The first kappa shape index (κ1) is 27.5. The quantitative estimate of drug-likeness (QED) is 0.425. The SMILES string of the molecule is CCc1ccc(S(=O)(=O)N[C@@H]2c3cc(C(=O)NCCCN4CCOCC4)ccc3OC(C)(C)[C@H]2O)cc1. The van der Waals surface area contributed by atoms with E-state index in [0.29, 0.717) is 23.4 Å². The van der Waals surface area contributed by atoms with Crippen LogP contribution in [-0.4, -0.2) is 75.4 Å². The summed E-state index contributed by atoms with van der Waals surface area (Å²) in [5.74, 6) is 0.161. The number of nitrogens with zero attached hydrogens (tertiary/aromatic N) is 1. The Balaban J connectivity index is 1.50. The molecule has 202 valence electrons. The molecule has 1 saturated heterocycles. The van der Waals surface area contributed by atoms with E-state index in [9.17, 15) is 18.3 Å². The number of rotatable bonds is 9. The first-order valence-electron chi connectivity index (χ1n) is 12.8. The van der Waals surface area contributed by atoms with Crippen LogP contribution in [0.15, 0.2) is 47.4 Å². The van der Waals surface area contributed by atoms with Crippen molar-refractivity contribution in [2.45, 2.75) is 56.3 Å². The van der Waals surface area contributed by atoms with E-state index in [0.717, 1.165) is 51.3 Å². The molecule has 2 heterocycles. The van der Waals surface area contributed by atoms with E-state index in [1.165, 1.54) is 0 Å². The number of ether oxygens (including phenoxy) is 2. The number of hydrogen-bond donors (Lipinski definition) is 3. The Hall–Kier alpha value is -2.50. The highest BCUT2D eigenvalue weighted by molar-refractivity contribution is 7.89. The van der Waals surface area contributed by atoms with Crippen LogP contribution in [0.2, 0.25) is 0 Å². The van der Waals surface area contributed by atoms with Gasteiger partial charge in [0.25, 0.3) is 5.91 Å². The van der Waals surface area contributed by atoms with Crippen molar-refractivity contribution in [1.29, 1.82) is 0 Å². The Labute approximate surface area is 219 Å². The summed E-state index contributed by atoms with van der Waals surface area (Å²) in [6.07, 6.45) is 0.425. The average molecular weight is 532 g/mol. The molecule has 2 aliphatic heterocycles. The second kappa shape index (κ2) is 11.5. The number of nitrogens with one attached hydrogen (secondary N) is 2. The van der Waals surface area contributed by atoms with E-state index in [2.05, 4.69) is 14.9 Å². The van der Waals surface area contributed by atoms with Gasteiger partial charge in [-0.05, 0) is 69.1 Å². The summed E-state index contributed by atoms with van der Waals surface area (Å²) in [5, 5.41) is 14.0. The van der Waals surface area contributed by atoms with Crippen LogP contribution >= 0.6 is 0 Å². The lowest BCUT2D eigenvalue weighted by Gasteiger charge is -2.42. The Morgan fingerprint density at radius 3 is 2.51 bits per heavy atom. The predicted molar refractivity (Wildman–Crippen MR) is 140 cm³/mol. The Morgan fingerprint density at radius 2 is 1.84 bits per heavy atom. The van der Waals surface area contributed by atoms with Crippen LogP contribution in [0.5, 0.6) is 5.75 Å². The van der Waals surface area contributed by atoms with Crippen molar-refractivity contribution in [2.75, 3.05) is 39.4 Å². The number of morpholine rings is 1. The van der Waals surface area contributed by atoms with Gasteiger partial charge in [-0.15, -0.1) is 0 Å². The Morgan fingerprint density at radius 1 is 1.14 bits per heavy atom. The molecule has 0 aromatic heterocycles. The number of sulfonamides is 1. The molecule has 9 nitrogen and oxygen atoms in total. The lowest BCUT2D eigenvalue weighted by atomic mass is 9.86. The minimum Gasteiger partial charge on any atom is -0.485 e. The maximum atomic E-state index is 13.2. The molecule has 2 aliphatic rings. The second-order valence-corrected chi connectivity index (χ2v) is 11.8. The number of carbonyl (C=O) groups is 1. The summed E-state index contributed by atoms with van der Waals surface area (Å²) in [4.78, 5) is 15.3. The molecule has 0 aliphatic carbocycles. The fourth-order valence-corrected chi connectivity index (χ4v) is 5.86. The third kappa shape index (κ3) is 6.50. The number of fused-ring (bicyclic) bond motifs is 1. The molecular formula is C27H37N3O6S. The molecule has 0 radical (unpaired) electrons. The largest absolute Gasteiger partial charge is 0.485 e. The number of aryl methyl sites for hydroxylation is 1. The molecule has 0 spiro atoms. The van der Waals surface area contributed by atoms with Crippen molar-refractivity contribution < 1.29 is 27.8 Å². The normalized spacial score (nSPS) is 21.6. The molecule has 0 unspecified atom stereocenters. The van der Waals surface area contributed by atoms with Gasteiger partial charge in [-0.25, -0.2) is 13.1 Å². The molecule has 0 saturated carbocycles. The average Bonchev–Trinajstić information content (AvgIpc) is 2.89. The van der Waals surface area contributed by atoms with Gasteiger partial charge in [-0.3, -0.25) is 9.69 Å². The summed E-state index contributed by atoms with van der Waals surface area (Å²) in [6, 6.07) is 10.6. The zero-order valence-electron chi connectivity index (χ0n) is 21.7. The summed E-state index contributed by atoms with van der Waals surface area (Å²) >= 11 is 0. The minimum absolute atomic E-state index is 0.108. The maximum absolute atomic E-state index is 13.2. The molecule has 0 bridgehead atoms. The third-order valence-corrected chi connectivity index (χ3v) is 8.43. The molecule has 2 aromatic carbocycles. The van der Waals surface area contributed by atoms with Gasteiger partial charge in [0.1, 0.15) is 17.5 Å². The van der Waals surface area contributed by atoms with Crippen molar-refractivity contribution in [2.24, 2.45) is 0 Å². The van der Waals surface area contributed by atoms with Gasteiger partial charge >= 0.3 is 0 Å². The van der Waals surface area contributed by atoms with Crippen molar-refractivity contribution in [3.63, 3.8) is 0 Å². The lowest BCUT2D eigenvalue weighted by Crippen LogP contribution is -2.53. The molecule has 37 heavy (non-hydrogen) atoms. The minimum atomic E-state index is -3.95. The lowest BCUT2D eigenvalue weighted by molar-refractivity contribution is -0.0603. The summed E-state index contributed by atoms with van der Waals surface area (Å²) < 4.78 is 40.5. The predicted octanol–water partition coefficient (Wildman–Crippen LogP) is 2.25. The summed E-state index contributed by atoms with van der Waals surface area (Å²) in [7, 11) is -3.95. The smallest absolute Gasteiger partial charge is 0.251 e. The molecule has 1 fully saturated rings. The number of aliphatic hydroxyl groups excluding tert-OH is 1. The highest BCUT2D eigenvalue weighted by Crippen LogP contribution is 2.41. The van der Waals surface area contributed by atoms with Gasteiger partial charge in [-0.1, -0.05) is 19.1 Å². The van der Waals surface area contributed by atoms with Gasteiger partial charge in [0.05, 0.1) is 24.2 Å². The van der Waals surface area contributed by atoms with Crippen LogP contribution in [0.25, 0.3) is 0 Å². The van der Waals surface area contributed by atoms with Crippen LogP contribution in [0.3, 0.4) is 0 Å². The van der Waals surface area contributed by atoms with Crippen LogP contribution in [0, 0.1) is 0 Å². The highest BCUT2D eigenvalue weighted by atomic mass is 32.2. The van der Waals surface area contributed by atoms with Crippen LogP contribution in [-0.2, 0) is 21.2 Å². The summed E-state index contributed by atoms with van der Waals surface area (Å²) in [5.41, 5.74) is 0.769. The number of hydrogen-bond acceptors (Lipinski definition) is 7.